The summed E-state index contributed by atoms with van der Waals surface area (Å²) in [5.41, 5.74) is -1.95. The number of carbonyl (C=O) groups excluding carboxylic acids is 1. The number of urea groups is 1. The van der Waals surface area contributed by atoms with Crippen molar-refractivity contribution in [3.8, 4) is 0 Å². The Kier molecular flexibility index (Phi) is 5.56. The molecule has 2 amide bonds. The van der Waals surface area contributed by atoms with Gasteiger partial charge in [0, 0.05) is 26.1 Å². The van der Waals surface area contributed by atoms with Gasteiger partial charge in [-0.1, -0.05) is 0 Å². The number of aliphatic hydroxyl groups is 1. The van der Waals surface area contributed by atoms with E-state index in [4.69, 9.17) is 9.84 Å². The molecule has 0 aromatic carbocycles. The number of carboxylic acids is 1. The molecule has 3 N–H and O–H groups in total. The largest absolute Gasteiger partial charge is 0.479 e. The average molecular weight is 274 g/mol. The van der Waals surface area contributed by atoms with Gasteiger partial charge in [0.05, 0.1) is 13.2 Å². The molecule has 0 aliphatic carbocycles. The molecular formula is C12H22N2O5. The first-order valence-electron chi connectivity index (χ1n) is 6.34. The number of carbonyl (C=O) groups is 2. The van der Waals surface area contributed by atoms with Gasteiger partial charge in [0.2, 0.25) is 0 Å². The van der Waals surface area contributed by atoms with E-state index in [9.17, 15) is 14.7 Å². The maximum Gasteiger partial charge on any atom is 0.337 e. The highest BCUT2D eigenvalue weighted by molar-refractivity contribution is 5.79. The lowest BCUT2D eigenvalue weighted by Gasteiger charge is -2.33. The van der Waals surface area contributed by atoms with E-state index in [1.807, 2.05) is 0 Å². The van der Waals surface area contributed by atoms with Crippen LogP contribution in [0, 0.1) is 5.92 Å². The van der Waals surface area contributed by atoms with Crippen LogP contribution >= 0.6 is 0 Å². The van der Waals surface area contributed by atoms with Gasteiger partial charge in [-0.3, -0.25) is 0 Å². The van der Waals surface area contributed by atoms with E-state index in [1.165, 1.54) is 0 Å². The number of carboxylic acid groups (broad SMARTS) is 1. The summed E-state index contributed by atoms with van der Waals surface area (Å²) in [5, 5.41) is 20.7. The molecule has 0 aromatic rings. The minimum atomic E-state index is -1.95. The van der Waals surface area contributed by atoms with Crippen LogP contribution in [0.5, 0.6) is 0 Å². The number of amides is 2. The van der Waals surface area contributed by atoms with Crippen LogP contribution in [0.4, 0.5) is 4.79 Å². The fourth-order valence-corrected chi connectivity index (χ4v) is 2.06. The molecule has 1 saturated heterocycles. The summed E-state index contributed by atoms with van der Waals surface area (Å²) in [6, 6.07) is -0.345. The SMILES string of the molecule is COCC1CCCN(C(=O)NCC(C)(O)C(=O)O)C1. The van der Waals surface area contributed by atoms with Crippen LogP contribution in [0.3, 0.4) is 0 Å². The molecule has 0 aromatic heterocycles. The number of hydrogen-bond donors (Lipinski definition) is 3. The van der Waals surface area contributed by atoms with Gasteiger partial charge in [-0.15, -0.1) is 0 Å². The van der Waals surface area contributed by atoms with E-state index in [2.05, 4.69) is 5.32 Å². The predicted molar refractivity (Wildman–Crippen MR) is 67.8 cm³/mol. The van der Waals surface area contributed by atoms with Gasteiger partial charge < -0.3 is 25.2 Å². The molecule has 0 saturated carbocycles. The third-order valence-electron chi connectivity index (χ3n) is 3.25. The van der Waals surface area contributed by atoms with E-state index in [1.54, 1.807) is 12.0 Å². The topological polar surface area (TPSA) is 99.1 Å². The molecule has 1 aliphatic heterocycles. The van der Waals surface area contributed by atoms with E-state index in [0.29, 0.717) is 25.6 Å². The maximum atomic E-state index is 11.9. The van der Waals surface area contributed by atoms with Gasteiger partial charge in [-0.2, -0.15) is 0 Å². The summed E-state index contributed by atoms with van der Waals surface area (Å²) < 4.78 is 5.08. The van der Waals surface area contributed by atoms with Crippen LogP contribution < -0.4 is 5.32 Å². The molecule has 1 aliphatic rings. The van der Waals surface area contributed by atoms with Crippen molar-refractivity contribution in [1.82, 2.24) is 10.2 Å². The van der Waals surface area contributed by atoms with Crippen molar-refractivity contribution in [3.63, 3.8) is 0 Å². The van der Waals surface area contributed by atoms with Gasteiger partial charge in [0.25, 0.3) is 0 Å². The Morgan fingerprint density at radius 3 is 2.79 bits per heavy atom. The zero-order valence-electron chi connectivity index (χ0n) is 11.4. The highest BCUT2D eigenvalue weighted by Gasteiger charge is 2.31. The van der Waals surface area contributed by atoms with Crippen LogP contribution in [0.1, 0.15) is 19.8 Å². The number of piperidine rings is 1. The van der Waals surface area contributed by atoms with Crippen LogP contribution in [-0.2, 0) is 9.53 Å². The average Bonchev–Trinajstić information content (AvgIpc) is 2.36. The standard InChI is InChI=1S/C12H22N2O5/c1-12(18,10(15)16)8-13-11(17)14-5-3-4-9(6-14)7-19-2/h9,18H,3-8H2,1-2H3,(H,13,17)(H,15,16). The summed E-state index contributed by atoms with van der Waals surface area (Å²) in [4.78, 5) is 24.2. The van der Waals surface area contributed by atoms with Crippen LogP contribution in [0.15, 0.2) is 0 Å². The van der Waals surface area contributed by atoms with Crippen LogP contribution in [-0.4, -0.2) is 66.1 Å². The number of ether oxygens (including phenoxy) is 1. The summed E-state index contributed by atoms with van der Waals surface area (Å²) in [7, 11) is 1.63. The molecule has 19 heavy (non-hydrogen) atoms. The highest BCUT2D eigenvalue weighted by atomic mass is 16.5. The zero-order chi connectivity index (χ0) is 14.5. The van der Waals surface area contributed by atoms with Gasteiger partial charge >= 0.3 is 12.0 Å². The number of aliphatic carboxylic acids is 1. The molecule has 7 heteroatoms. The summed E-state index contributed by atoms with van der Waals surface area (Å²) >= 11 is 0. The van der Waals surface area contributed by atoms with Gasteiger partial charge in [-0.05, 0) is 19.8 Å². The quantitative estimate of drug-likeness (QED) is 0.649. The first-order chi connectivity index (χ1) is 8.86. The second kappa shape index (κ2) is 6.72. The minimum Gasteiger partial charge on any atom is -0.479 e. The molecule has 0 radical (unpaired) electrons. The fraction of sp³-hybridized carbons (Fsp3) is 0.833. The molecular weight excluding hydrogens is 252 g/mol. The number of rotatable bonds is 5. The molecule has 1 fully saturated rings. The van der Waals surface area contributed by atoms with E-state index in [-0.39, 0.29) is 12.6 Å². The number of likely N-dealkylation sites (tertiary alicyclic amines) is 1. The summed E-state index contributed by atoms with van der Waals surface area (Å²) in [5.74, 6) is -1.05. The Hall–Kier alpha value is -1.34. The lowest BCUT2D eigenvalue weighted by molar-refractivity contribution is -0.155. The Balaban J connectivity index is 2.43. The van der Waals surface area contributed by atoms with Crippen molar-refractivity contribution in [2.75, 3.05) is 33.4 Å². The number of nitrogens with one attached hydrogen (secondary N) is 1. The molecule has 1 heterocycles. The van der Waals surface area contributed by atoms with Crippen molar-refractivity contribution in [1.29, 1.82) is 0 Å². The first kappa shape index (κ1) is 15.7. The Morgan fingerprint density at radius 1 is 1.53 bits per heavy atom. The molecule has 110 valence electrons. The number of nitrogens with zero attached hydrogens (tertiary/aromatic N) is 1. The number of methoxy groups -OCH3 is 1. The maximum absolute atomic E-state index is 11.9. The Labute approximate surface area is 112 Å². The monoisotopic (exact) mass is 274 g/mol. The summed E-state index contributed by atoms with van der Waals surface area (Å²) in [6.07, 6.45) is 1.92. The minimum absolute atomic E-state index is 0.310. The van der Waals surface area contributed by atoms with E-state index >= 15 is 0 Å². The van der Waals surface area contributed by atoms with Gasteiger partial charge in [0.15, 0.2) is 5.60 Å². The zero-order valence-corrected chi connectivity index (χ0v) is 11.4. The lowest BCUT2D eigenvalue weighted by atomic mass is 9.99. The van der Waals surface area contributed by atoms with Crippen molar-refractivity contribution >= 4 is 12.0 Å². The first-order valence-corrected chi connectivity index (χ1v) is 6.34. The highest BCUT2D eigenvalue weighted by Crippen LogP contribution is 2.16. The normalized spacial score (nSPS) is 22.7. The molecule has 2 unspecified atom stereocenters. The van der Waals surface area contributed by atoms with Crippen molar-refractivity contribution in [2.24, 2.45) is 5.92 Å². The van der Waals surface area contributed by atoms with E-state index < -0.39 is 11.6 Å². The fourth-order valence-electron chi connectivity index (χ4n) is 2.06. The van der Waals surface area contributed by atoms with Crippen LogP contribution in [0.2, 0.25) is 0 Å². The summed E-state index contributed by atoms with van der Waals surface area (Å²) in [6.45, 7) is 2.68. The Morgan fingerprint density at radius 2 is 2.21 bits per heavy atom. The molecule has 2 atom stereocenters. The van der Waals surface area contributed by atoms with Crippen molar-refractivity contribution in [3.05, 3.63) is 0 Å². The van der Waals surface area contributed by atoms with E-state index in [0.717, 1.165) is 19.8 Å². The smallest absolute Gasteiger partial charge is 0.337 e. The van der Waals surface area contributed by atoms with Crippen molar-refractivity contribution < 1.29 is 24.5 Å². The molecule has 1 rings (SSSR count). The second-order valence-corrected chi connectivity index (χ2v) is 5.15. The van der Waals surface area contributed by atoms with Gasteiger partial charge in [-0.25, -0.2) is 9.59 Å². The second-order valence-electron chi connectivity index (χ2n) is 5.15. The third kappa shape index (κ3) is 4.68. The van der Waals surface area contributed by atoms with Gasteiger partial charge in [0.1, 0.15) is 0 Å². The molecule has 0 bridgehead atoms. The van der Waals surface area contributed by atoms with Crippen molar-refractivity contribution in [2.45, 2.75) is 25.4 Å². The lowest BCUT2D eigenvalue weighted by Crippen LogP contribution is -2.52. The van der Waals surface area contributed by atoms with Crippen LogP contribution in [0.25, 0.3) is 0 Å². The Bertz CT molecular complexity index is 330. The molecule has 7 nitrogen and oxygen atoms in total. The molecule has 0 spiro atoms. The predicted octanol–water partition coefficient (Wildman–Crippen LogP) is -0.110. The number of hydrogen-bond acceptors (Lipinski definition) is 4. The third-order valence-corrected chi connectivity index (χ3v) is 3.25.